The summed E-state index contributed by atoms with van der Waals surface area (Å²) in [6.07, 6.45) is 0. The summed E-state index contributed by atoms with van der Waals surface area (Å²) < 4.78 is 5.26. The van der Waals surface area contributed by atoms with Gasteiger partial charge >= 0.3 is 0 Å². The number of benzene rings is 1. The fraction of sp³-hybridized carbons (Fsp3) is 0.619. The maximum absolute atomic E-state index is 12.3. The Bertz CT molecular complexity index is 701. The molecule has 0 aliphatic carbocycles. The smallest absolute Gasteiger partial charge is 0.234 e. The molecule has 2 aliphatic heterocycles. The maximum Gasteiger partial charge on any atom is 0.234 e. The second-order valence-corrected chi connectivity index (χ2v) is 8.44. The first-order valence-electron chi connectivity index (χ1n) is 10.4. The molecular formula is C21H32N4O3S. The molecule has 2 fully saturated rings. The van der Waals surface area contributed by atoms with Crippen LogP contribution in [0, 0.1) is 6.92 Å². The van der Waals surface area contributed by atoms with Crippen molar-refractivity contribution in [3.8, 4) is 0 Å². The van der Waals surface area contributed by atoms with Gasteiger partial charge in [0.15, 0.2) is 0 Å². The van der Waals surface area contributed by atoms with E-state index in [9.17, 15) is 9.59 Å². The number of nitrogens with one attached hydrogen (secondary N) is 1. The number of aryl methyl sites for hydroxylation is 1. The first-order chi connectivity index (χ1) is 14.1. The Hall–Kier alpha value is -1.77. The Labute approximate surface area is 177 Å². The lowest BCUT2D eigenvalue weighted by atomic mass is 10.1. The van der Waals surface area contributed by atoms with Crippen LogP contribution >= 0.6 is 11.8 Å². The van der Waals surface area contributed by atoms with Crippen LogP contribution in [0.15, 0.2) is 18.2 Å². The van der Waals surface area contributed by atoms with Crippen molar-refractivity contribution >= 4 is 35.0 Å². The van der Waals surface area contributed by atoms with Gasteiger partial charge in [-0.25, -0.2) is 0 Å². The molecule has 0 aromatic heterocycles. The molecular weight excluding hydrogens is 388 g/mol. The predicted octanol–water partition coefficient (Wildman–Crippen LogP) is 1.67. The van der Waals surface area contributed by atoms with Crippen LogP contribution in [0.3, 0.4) is 0 Å². The van der Waals surface area contributed by atoms with Gasteiger partial charge in [0.25, 0.3) is 0 Å². The third-order valence-electron chi connectivity index (χ3n) is 5.49. The van der Waals surface area contributed by atoms with Crippen molar-refractivity contribution in [2.24, 2.45) is 0 Å². The summed E-state index contributed by atoms with van der Waals surface area (Å²) in [5, 5.41) is 2.98. The summed E-state index contributed by atoms with van der Waals surface area (Å²) in [5.41, 5.74) is 3.11. The van der Waals surface area contributed by atoms with Crippen LogP contribution in [-0.2, 0) is 14.3 Å². The maximum atomic E-state index is 12.3. The number of ether oxygens (including phenoxy) is 1. The molecule has 0 saturated carbocycles. The van der Waals surface area contributed by atoms with Gasteiger partial charge in [0.05, 0.1) is 24.7 Å². The molecule has 2 aliphatic rings. The molecule has 8 heteroatoms. The van der Waals surface area contributed by atoms with Gasteiger partial charge in [-0.2, -0.15) is 0 Å². The fourth-order valence-electron chi connectivity index (χ4n) is 3.63. The second kappa shape index (κ2) is 10.8. The van der Waals surface area contributed by atoms with E-state index in [1.165, 1.54) is 17.4 Å². The molecule has 7 nitrogen and oxygen atoms in total. The minimum absolute atomic E-state index is 0.0720. The average Bonchev–Trinajstić information content (AvgIpc) is 2.75. The molecule has 3 rings (SSSR count). The Morgan fingerprint density at radius 3 is 2.45 bits per heavy atom. The van der Waals surface area contributed by atoms with Crippen LogP contribution < -0.4 is 10.2 Å². The van der Waals surface area contributed by atoms with E-state index >= 15 is 0 Å². The third-order valence-corrected chi connectivity index (χ3v) is 6.41. The summed E-state index contributed by atoms with van der Waals surface area (Å²) in [5.74, 6) is 0.609. The molecule has 2 saturated heterocycles. The lowest BCUT2D eigenvalue weighted by Gasteiger charge is -2.35. The average molecular weight is 421 g/mol. The van der Waals surface area contributed by atoms with E-state index in [0.717, 1.165) is 44.0 Å². The molecule has 0 radical (unpaired) electrons. The number of nitrogens with zero attached hydrogens (tertiary/aromatic N) is 3. The number of hydrogen-bond acceptors (Lipinski definition) is 6. The standard InChI is InChI=1S/C21H32N4O3S/c1-3-23-6-8-24(9-7-23)18-4-5-19(17(2)14-18)22-20(26)15-29-16-21(27)25-10-12-28-13-11-25/h4-5,14H,3,6-13,15-16H2,1-2H3,(H,22,26). The first-order valence-corrected chi connectivity index (χ1v) is 11.5. The van der Waals surface area contributed by atoms with Crippen LogP contribution in [0.5, 0.6) is 0 Å². The zero-order valence-corrected chi connectivity index (χ0v) is 18.3. The fourth-order valence-corrected chi connectivity index (χ4v) is 4.35. The van der Waals surface area contributed by atoms with E-state index in [1.54, 1.807) is 4.90 Å². The number of rotatable bonds is 7. The lowest BCUT2D eigenvalue weighted by molar-refractivity contribution is -0.132. The molecule has 2 heterocycles. The molecule has 29 heavy (non-hydrogen) atoms. The topological polar surface area (TPSA) is 65.1 Å². The molecule has 0 bridgehead atoms. The zero-order valence-electron chi connectivity index (χ0n) is 17.5. The van der Waals surface area contributed by atoms with E-state index < -0.39 is 0 Å². The molecule has 1 aromatic carbocycles. The van der Waals surface area contributed by atoms with E-state index in [-0.39, 0.29) is 17.6 Å². The molecule has 0 spiro atoms. The van der Waals surface area contributed by atoms with Gasteiger partial charge in [0.1, 0.15) is 0 Å². The Kier molecular flexibility index (Phi) is 8.20. The van der Waals surface area contributed by atoms with Crippen LogP contribution in [0.1, 0.15) is 12.5 Å². The van der Waals surface area contributed by atoms with Crippen LogP contribution in [-0.4, -0.2) is 92.1 Å². The summed E-state index contributed by atoms with van der Waals surface area (Å²) >= 11 is 1.36. The summed E-state index contributed by atoms with van der Waals surface area (Å²) in [4.78, 5) is 31.1. The van der Waals surface area contributed by atoms with Crippen molar-refractivity contribution in [2.75, 3.05) is 80.7 Å². The molecule has 2 amide bonds. The number of amides is 2. The minimum atomic E-state index is -0.0720. The first kappa shape index (κ1) is 21.9. The molecule has 160 valence electrons. The number of carbonyl (C=O) groups excluding carboxylic acids is 2. The van der Waals surface area contributed by atoms with Crippen molar-refractivity contribution in [3.05, 3.63) is 23.8 Å². The summed E-state index contributed by atoms with van der Waals surface area (Å²) in [6, 6.07) is 6.21. The van der Waals surface area contributed by atoms with Gasteiger partial charge in [-0.3, -0.25) is 9.59 Å². The van der Waals surface area contributed by atoms with Crippen molar-refractivity contribution in [3.63, 3.8) is 0 Å². The van der Waals surface area contributed by atoms with Gasteiger partial charge in [-0.05, 0) is 37.2 Å². The number of likely N-dealkylation sites (N-methyl/N-ethyl adjacent to an activating group) is 1. The van der Waals surface area contributed by atoms with Gasteiger partial charge in [-0.15, -0.1) is 11.8 Å². The molecule has 0 unspecified atom stereocenters. The van der Waals surface area contributed by atoms with E-state index in [1.807, 2.05) is 13.0 Å². The van der Waals surface area contributed by atoms with Crippen LogP contribution in [0.4, 0.5) is 11.4 Å². The van der Waals surface area contributed by atoms with Crippen molar-refractivity contribution in [1.29, 1.82) is 0 Å². The highest BCUT2D eigenvalue weighted by molar-refractivity contribution is 8.00. The largest absolute Gasteiger partial charge is 0.378 e. The quantitative estimate of drug-likeness (QED) is 0.724. The zero-order chi connectivity index (χ0) is 20.6. The predicted molar refractivity (Wildman–Crippen MR) is 119 cm³/mol. The SMILES string of the molecule is CCN1CCN(c2ccc(NC(=O)CSCC(=O)N3CCOCC3)c(C)c2)CC1. The van der Waals surface area contributed by atoms with Gasteiger partial charge in [0.2, 0.25) is 11.8 Å². The van der Waals surface area contributed by atoms with E-state index in [0.29, 0.717) is 32.1 Å². The van der Waals surface area contributed by atoms with Crippen molar-refractivity contribution in [1.82, 2.24) is 9.80 Å². The highest BCUT2D eigenvalue weighted by Gasteiger charge is 2.18. The van der Waals surface area contributed by atoms with Crippen molar-refractivity contribution in [2.45, 2.75) is 13.8 Å². The Morgan fingerprint density at radius 2 is 1.79 bits per heavy atom. The van der Waals surface area contributed by atoms with Gasteiger partial charge in [-0.1, -0.05) is 6.92 Å². The number of anilines is 2. The van der Waals surface area contributed by atoms with Crippen molar-refractivity contribution < 1.29 is 14.3 Å². The van der Waals surface area contributed by atoms with E-state index in [2.05, 4.69) is 34.2 Å². The monoisotopic (exact) mass is 420 g/mol. The van der Waals surface area contributed by atoms with E-state index in [4.69, 9.17) is 4.74 Å². The molecule has 1 N–H and O–H groups in total. The number of carbonyl (C=O) groups is 2. The third kappa shape index (κ3) is 6.35. The van der Waals surface area contributed by atoms with Crippen LogP contribution in [0.2, 0.25) is 0 Å². The molecule has 0 atom stereocenters. The number of piperazine rings is 1. The summed E-state index contributed by atoms with van der Waals surface area (Å²) in [6.45, 7) is 12.1. The summed E-state index contributed by atoms with van der Waals surface area (Å²) in [7, 11) is 0. The van der Waals surface area contributed by atoms with Gasteiger partial charge in [0, 0.05) is 50.6 Å². The minimum Gasteiger partial charge on any atom is -0.378 e. The lowest BCUT2D eigenvalue weighted by Crippen LogP contribution is -2.46. The normalized spacial score (nSPS) is 18.0. The highest BCUT2D eigenvalue weighted by Crippen LogP contribution is 2.24. The number of thioether (sulfide) groups is 1. The second-order valence-electron chi connectivity index (χ2n) is 7.45. The van der Waals surface area contributed by atoms with Gasteiger partial charge < -0.3 is 24.8 Å². The number of morpholine rings is 1. The highest BCUT2D eigenvalue weighted by atomic mass is 32.2. The Balaban J connectivity index is 1.43. The number of hydrogen-bond donors (Lipinski definition) is 1. The Morgan fingerprint density at radius 1 is 1.07 bits per heavy atom. The van der Waals surface area contributed by atoms with Crippen LogP contribution in [0.25, 0.3) is 0 Å². The molecule has 1 aromatic rings.